The second-order valence-electron chi connectivity index (χ2n) is 4.44. The lowest BCUT2D eigenvalue weighted by atomic mass is 10.1. The molecule has 0 N–H and O–H groups in total. The van der Waals surface area contributed by atoms with Crippen LogP contribution in [0.4, 0.5) is 0 Å². The highest BCUT2D eigenvalue weighted by Crippen LogP contribution is 2.12. The van der Waals surface area contributed by atoms with E-state index >= 15 is 0 Å². The molecule has 0 atom stereocenters. The third kappa shape index (κ3) is 3.51. The van der Waals surface area contributed by atoms with Crippen LogP contribution < -0.4 is 0 Å². The second-order valence-corrected chi connectivity index (χ2v) is 4.44. The minimum atomic E-state index is -0.572. The number of hydrogen-bond acceptors (Lipinski definition) is 3. The zero-order valence-corrected chi connectivity index (χ0v) is 11.0. The average Bonchev–Trinajstić information content (AvgIpc) is 2.44. The van der Waals surface area contributed by atoms with E-state index in [4.69, 9.17) is 0 Å². The van der Waals surface area contributed by atoms with Crippen LogP contribution in [0.5, 0.6) is 0 Å². The molecule has 102 valence electrons. The van der Waals surface area contributed by atoms with E-state index in [9.17, 15) is 14.4 Å². The fraction of sp³-hybridized carbons (Fsp3) is 0.188. The van der Waals surface area contributed by atoms with Crippen LogP contribution in [-0.4, -0.2) is 22.6 Å². The number of piperidine rings is 1. The van der Waals surface area contributed by atoms with Crippen molar-refractivity contribution in [2.75, 3.05) is 0 Å². The average molecular weight is 269 g/mol. The Bertz CT molecular complexity index is 557. The van der Waals surface area contributed by atoms with Gasteiger partial charge in [-0.3, -0.25) is 14.4 Å². The number of allylic oxidation sites excluding steroid dienone is 2. The number of carbonyl (C=O) groups excluding carboxylic acids is 3. The summed E-state index contributed by atoms with van der Waals surface area (Å²) < 4.78 is 0. The fourth-order valence-electron chi connectivity index (χ4n) is 1.94. The largest absolute Gasteiger partial charge is 0.274 e. The maximum absolute atomic E-state index is 11.8. The van der Waals surface area contributed by atoms with Crippen molar-refractivity contribution in [3.63, 3.8) is 0 Å². The smallest absolute Gasteiger partial charge is 0.260 e. The SMILES string of the molecule is O=C(/C=C/C=C/c1ccccc1)N1C(=O)CCCC1=O. The molecule has 2 rings (SSSR count). The lowest BCUT2D eigenvalue weighted by Crippen LogP contribution is -2.43. The standard InChI is InChI=1S/C16H15NO3/c18-14(17-15(19)11-6-12-16(17)20)10-5-4-9-13-7-2-1-3-8-13/h1-5,7-10H,6,11-12H2/b9-4+,10-5+. The Labute approximate surface area is 117 Å². The van der Waals surface area contributed by atoms with Crippen LogP contribution in [-0.2, 0) is 14.4 Å². The number of rotatable bonds is 3. The Morgan fingerprint density at radius 1 is 1.00 bits per heavy atom. The molecule has 0 aliphatic carbocycles. The van der Waals surface area contributed by atoms with Crippen molar-refractivity contribution in [1.82, 2.24) is 4.90 Å². The molecular weight excluding hydrogens is 254 g/mol. The van der Waals surface area contributed by atoms with Crippen LogP contribution in [0.3, 0.4) is 0 Å². The van der Waals surface area contributed by atoms with Gasteiger partial charge in [0.2, 0.25) is 11.8 Å². The number of nitrogens with zero attached hydrogens (tertiary/aromatic N) is 1. The lowest BCUT2D eigenvalue weighted by Gasteiger charge is -2.21. The summed E-state index contributed by atoms with van der Waals surface area (Å²) in [6.45, 7) is 0. The van der Waals surface area contributed by atoms with Crippen LogP contribution in [0.25, 0.3) is 6.08 Å². The molecule has 1 saturated heterocycles. The minimum absolute atomic E-state index is 0.255. The molecule has 1 aliphatic heterocycles. The third-order valence-corrected chi connectivity index (χ3v) is 2.94. The van der Waals surface area contributed by atoms with Crippen molar-refractivity contribution in [2.24, 2.45) is 0 Å². The van der Waals surface area contributed by atoms with E-state index in [0.717, 1.165) is 10.5 Å². The maximum Gasteiger partial charge on any atom is 0.260 e. The molecule has 1 fully saturated rings. The molecule has 1 aromatic rings. The molecule has 0 aromatic heterocycles. The quantitative estimate of drug-likeness (QED) is 0.480. The van der Waals surface area contributed by atoms with Gasteiger partial charge in [-0.25, -0.2) is 4.90 Å². The maximum atomic E-state index is 11.8. The van der Waals surface area contributed by atoms with E-state index < -0.39 is 17.7 Å². The van der Waals surface area contributed by atoms with Gasteiger partial charge in [0.15, 0.2) is 0 Å². The summed E-state index contributed by atoms with van der Waals surface area (Å²) in [7, 11) is 0. The van der Waals surface area contributed by atoms with Gasteiger partial charge >= 0.3 is 0 Å². The first-order valence-corrected chi connectivity index (χ1v) is 6.48. The predicted octanol–water partition coefficient (Wildman–Crippen LogP) is 2.32. The summed E-state index contributed by atoms with van der Waals surface area (Å²) in [5.74, 6) is -1.40. The minimum Gasteiger partial charge on any atom is -0.274 e. The summed E-state index contributed by atoms with van der Waals surface area (Å²) in [5.41, 5.74) is 1.01. The van der Waals surface area contributed by atoms with E-state index in [1.807, 2.05) is 36.4 Å². The summed E-state index contributed by atoms with van der Waals surface area (Å²) in [5, 5.41) is 0. The van der Waals surface area contributed by atoms with Gasteiger partial charge in [0.05, 0.1) is 0 Å². The summed E-state index contributed by atoms with van der Waals surface area (Å²) >= 11 is 0. The first kappa shape index (κ1) is 13.9. The Morgan fingerprint density at radius 3 is 2.30 bits per heavy atom. The summed E-state index contributed by atoms with van der Waals surface area (Å²) in [6.07, 6.45) is 7.34. The molecule has 0 bridgehead atoms. The first-order valence-electron chi connectivity index (χ1n) is 6.48. The Balaban J connectivity index is 1.97. The van der Waals surface area contributed by atoms with Gasteiger partial charge in [0, 0.05) is 18.9 Å². The number of carbonyl (C=O) groups is 3. The monoisotopic (exact) mass is 269 g/mol. The molecule has 0 radical (unpaired) electrons. The molecule has 0 saturated carbocycles. The van der Waals surface area contributed by atoms with Crippen molar-refractivity contribution in [3.05, 3.63) is 54.1 Å². The van der Waals surface area contributed by atoms with E-state index in [1.54, 1.807) is 6.08 Å². The second kappa shape index (κ2) is 6.61. The topological polar surface area (TPSA) is 54.5 Å². The highest BCUT2D eigenvalue weighted by Gasteiger charge is 2.29. The van der Waals surface area contributed by atoms with Gasteiger partial charge in [-0.1, -0.05) is 48.6 Å². The van der Waals surface area contributed by atoms with E-state index in [1.165, 1.54) is 12.2 Å². The van der Waals surface area contributed by atoms with Crippen LogP contribution in [0.2, 0.25) is 0 Å². The highest BCUT2D eigenvalue weighted by molar-refractivity contribution is 6.15. The first-order chi connectivity index (χ1) is 9.68. The molecule has 4 nitrogen and oxygen atoms in total. The molecule has 1 aromatic carbocycles. The van der Waals surface area contributed by atoms with Crippen LogP contribution in [0.15, 0.2) is 48.6 Å². The zero-order chi connectivity index (χ0) is 14.4. The molecule has 0 spiro atoms. The molecule has 1 aliphatic rings. The van der Waals surface area contributed by atoms with Crippen LogP contribution in [0.1, 0.15) is 24.8 Å². The third-order valence-electron chi connectivity index (χ3n) is 2.94. The summed E-state index contributed by atoms with van der Waals surface area (Å²) in [6, 6.07) is 9.62. The highest BCUT2D eigenvalue weighted by atomic mass is 16.2. The van der Waals surface area contributed by atoms with E-state index in [0.29, 0.717) is 6.42 Å². The van der Waals surface area contributed by atoms with Crippen molar-refractivity contribution < 1.29 is 14.4 Å². The zero-order valence-electron chi connectivity index (χ0n) is 11.0. The summed E-state index contributed by atoms with van der Waals surface area (Å²) in [4.78, 5) is 35.6. The van der Waals surface area contributed by atoms with Gasteiger partial charge in [-0.2, -0.15) is 0 Å². The van der Waals surface area contributed by atoms with E-state index in [-0.39, 0.29) is 12.8 Å². The number of hydrogen-bond donors (Lipinski definition) is 0. The number of benzene rings is 1. The van der Waals surface area contributed by atoms with Crippen molar-refractivity contribution in [2.45, 2.75) is 19.3 Å². The Kier molecular flexibility index (Phi) is 4.60. The van der Waals surface area contributed by atoms with Crippen molar-refractivity contribution in [1.29, 1.82) is 0 Å². The molecule has 1 heterocycles. The lowest BCUT2D eigenvalue weighted by molar-refractivity contribution is -0.154. The molecule has 3 amide bonds. The molecule has 20 heavy (non-hydrogen) atoms. The number of likely N-dealkylation sites (tertiary alicyclic amines) is 1. The van der Waals surface area contributed by atoms with Gasteiger partial charge in [-0.05, 0) is 12.0 Å². The van der Waals surface area contributed by atoms with Gasteiger partial charge in [0.25, 0.3) is 5.91 Å². The Hall–Kier alpha value is -2.49. The normalized spacial score (nSPS) is 16.3. The predicted molar refractivity (Wildman–Crippen MR) is 75.3 cm³/mol. The number of amides is 3. The van der Waals surface area contributed by atoms with Gasteiger partial charge < -0.3 is 0 Å². The van der Waals surface area contributed by atoms with Crippen LogP contribution >= 0.6 is 0 Å². The Morgan fingerprint density at radius 2 is 1.65 bits per heavy atom. The van der Waals surface area contributed by atoms with Crippen molar-refractivity contribution in [3.8, 4) is 0 Å². The number of imide groups is 3. The molecule has 4 heteroatoms. The van der Waals surface area contributed by atoms with E-state index in [2.05, 4.69) is 0 Å². The van der Waals surface area contributed by atoms with Crippen molar-refractivity contribution >= 4 is 23.8 Å². The molecular formula is C16H15NO3. The fourth-order valence-corrected chi connectivity index (χ4v) is 1.94. The molecule has 0 unspecified atom stereocenters. The van der Waals surface area contributed by atoms with Crippen LogP contribution in [0, 0.1) is 0 Å². The van der Waals surface area contributed by atoms with Gasteiger partial charge in [-0.15, -0.1) is 0 Å². The van der Waals surface area contributed by atoms with Gasteiger partial charge in [0.1, 0.15) is 0 Å².